The van der Waals surface area contributed by atoms with Gasteiger partial charge in [-0.15, -0.1) is 0 Å². The van der Waals surface area contributed by atoms with Gasteiger partial charge in [0.15, 0.2) is 0 Å². The van der Waals surface area contributed by atoms with E-state index in [1.807, 2.05) is 0 Å². The normalized spacial score (nSPS) is 27.7. The van der Waals surface area contributed by atoms with Gasteiger partial charge >= 0.3 is 0 Å². The summed E-state index contributed by atoms with van der Waals surface area (Å²) in [4.78, 5) is 10.7. The van der Waals surface area contributed by atoms with Crippen LogP contribution in [0, 0.1) is 5.92 Å². The summed E-state index contributed by atoms with van der Waals surface area (Å²) in [5.41, 5.74) is 0. The molecule has 0 aliphatic heterocycles. The molecule has 1 saturated carbocycles. The average Bonchev–Trinajstić information content (AvgIpc) is 2.69. The predicted octanol–water partition coefficient (Wildman–Crippen LogP) is 0.323. The molecule has 0 saturated heterocycles. The van der Waals surface area contributed by atoms with Crippen LogP contribution in [-0.4, -0.2) is 25.7 Å². The number of hydrogen-bond donors (Lipinski definition) is 1. The summed E-state index contributed by atoms with van der Waals surface area (Å²) < 4.78 is 4.93. The van der Waals surface area contributed by atoms with Crippen LogP contribution in [0.4, 0.5) is 0 Å². The molecule has 0 unspecified atom stereocenters. The van der Waals surface area contributed by atoms with E-state index in [0.29, 0.717) is 12.0 Å². The van der Waals surface area contributed by atoms with E-state index in [9.17, 15) is 4.79 Å². The highest BCUT2D eigenvalue weighted by atomic mass is 16.5. The van der Waals surface area contributed by atoms with Gasteiger partial charge < -0.3 is 10.1 Å². The minimum atomic E-state index is -0.0893. The second kappa shape index (κ2) is 3.53. The van der Waals surface area contributed by atoms with Crippen LogP contribution < -0.4 is 5.32 Å². The number of carbonyl (C=O) groups excluding carboxylic acids is 1. The first-order chi connectivity index (χ1) is 5.27. The Balaban J connectivity index is 2.13. The van der Waals surface area contributed by atoms with Crippen molar-refractivity contribution in [2.75, 3.05) is 13.7 Å². The number of amides is 1. The second-order valence-corrected chi connectivity index (χ2v) is 2.77. The van der Waals surface area contributed by atoms with E-state index < -0.39 is 0 Å². The van der Waals surface area contributed by atoms with Gasteiger partial charge in [0.1, 0.15) is 0 Å². The topological polar surface area (TPSA) is 38.3 Å². The zero-order valence-corrected chi connectivity index (χ0v) is 6.67. The van der Waals surface area contributed by atoms with Crippen LogP contribution in [-0.2, 0) is 9.53 Å². The van der Waals surface area contributed by atoms with E-state index >= 15 is 0 Å². The molecule has 1 aliphatic rings. The Labute approximate surface area is 66.4 Å². The zero-order chi connectivity index (χ0) is 8.27. The van der Waals surface area contributed by atoms with Crippen molar-refractivity contribution in [1.82, 2.24) is 5.32 Å². The van der Waals surface area contributed by atoms with Crippen molar-refractivity contribution in [2.45, 2.75) is 12.5 Å². The van der Waals surface area contributed by atoms with Crippen LogP contribution in [0.5, 0.6) is 0 Å². The molecule has 62 valence electrons. The van der Waals surface area contributed by atoms with E-state index in [4.69, 9.17) is 4.74 Å². The first-order valence-electron chi connectivity index (χ1n) is 3.69. The molecule has 1 aliphatic carbocycles. The van der Waals surface area contributed by atoms with Crippen LogP contribution in [0.2, 0.25) is 0 Å². The van der Waals surface area contributed by atoms with Crippen molar-refractivity contribution >= 4 is 5.91 Å². The average molecular weight is 155 g/mol. The first kappa shape index (κ1) is 8.27. The smallest absolute Gasteiger partial charge is 0.243 e. The lowest BCUT2D eigenvalue weighted by Crippen LogP contribution is -2.25. The lowest BCUT2D eigenvalue weighted by molar-refractivity contribution is -0.116. The summed E-state index contributed by atoms with van der Waals surface area (Å²) in [6.45, 7) is 4.11. The fourth-order valence-electron chi connectivity index (χ4n) is 1.06. The van der Waals surface area contributed by atoms with Gasteiger partial charge in [-0.05, 0) is 12.5 Å². The highest BCUT2D eigenvalue weighted by Gasteiger charge is 2.37. The van der Waals surface area contributed by atoms with Crippen LogP contribution in [0.1, 0.15) is 6.42 Å². The summed E-state index contributed by atoms with van der Waals surface area (Å²) in [6.07, 6.45) is 2.33. The van der Waals surface area contributed by atoms with Crippen molar-refractivity contribution < 1.29 is 9.53 Å². The standard InChI is InChI=1S/C8H13NO2/c1-3-8(10)9-7-4-6(7)5-11-2/h3,6-7H,1,4-5H2,2H3,(H,9,10)/t6-,7+/m1/s1. The molecule has 1 rings (SSSR count). The molecule has 3 heteroatoms. The maximum Gasteiger partial charge on any atom is 0.243 e. The molecule has 1 fully saturated rings. The lowest BCUT2D eigenvalue weighted by Gasteiger charge is -1.99. The minimum Gasteiger partial charge on any atom is -0.384 e. The second-order valence-electron chi connectivity index (χ2n) is 2.77. The molecule has 0 aromatic heterocycles. The van der Waals surface area contributed by atoms with E-state index in [1.165, 1.54) is 6.08 Å². The third-order valence-electron chi connectivity index (χ3n) is 1.82. The van der Waals surface area contributed by atoms with Crippen molar-refractivity contribution in [3.63, 3.8) is 0 Å². The number of carbonyl (C=O) groups is 1. The highest BCUT2D eigenvalue weighted by Crippen LogP contribution is 2.29. The molecule has 0 bridgehead atoms. The van der Waals surface area contributed by atoms with Gasteiger partial charge in [0, 0.05) is 19.1 Å². The van der Waals surface area contributed by atoms with Crippen molar-refractivity contribution in [2.24, 2.45) is 5.92 Å². The molecule has 0 spiro atoms. The summed E-state index contributed by atoms with van der Waals surface area (Å²) in [5, 5.41) is 2.80. The van der Waals surface area contributed by atoms with Gasteiger partial charge in [-0.1, -0.05) is 6.58 Å². The molecule has 1 N–H and O–H groups in total. The van der Waals surface area contributed by atoms with Crippen molar-refractivity contribution in [3.05, 3.63) is 12.7 Å². The van der Waals surface area contributed by atoms with Crippen LogP contribution in [0.25, 0.3) is 0 Å². The molecule has 2 atom stereocenters. The number of nitrogens with one attached hydrogen (secondary N) is 1. The third kappa shape index (κ3) is 2.35. The zero-order valence-electron chi connectivity index (χ0n) is 6.67. The number of rotatable bonds is 4. The van der Waals surface area contributed by atoms with E-state index in [0.717, 1.165) is 13.0 Å². The number of ether oxygens (including phenoxy) is 1. The van der Waals surface area contributed by atoms with E-state index in [1.54, 1.807) is 7.11 Å². The fourth-order valence-corrected chi connectivity index (χ4v) is 1.06. The molecule has 11 heavy (non-hydrogen) atoms. The molecular formula is C8H13NO2. The molecule has 1 amide bonds. The highest BCUT2D eigenvalue weighted by molar-refractivity contribution is 5.87. The van der Waals surface area contributed by atoms with Gasteiger partial charge in [-0.3, -0.25) is 4.79 Å². The third-order valence-corrected chi connectivity index (χ3v) is 1.82. The Morgan fingerprint density at radius 3 is 3.18 bits per heavy atom. The van der Waals surface area contributed by atoms with E-state index in [2.05, 4.69) is 11.9 Å². The van der Waals surface area contributed by atoms with Crippen LogP contribution >= 0.6 is 0 Å². The quantitative estimate of drug-likeness (QED) is 0.594. The maximum absolute atomic E-state index is 10.7. The minimum absolute atomic E-state index is 0.0893. The number of methoxy groups -OCH3 is 1. The lowest BCUT2D eigenvalue weighted by atomic mass is 10.4. The summed E-state index contributed by atoms with van der Waals surface area (Å²) in [5.74, 6) is 0.428. The first-order valence-corrected chi connectivity index (χ1v) is 3.69. The largest absolute Gasteiger partial charge is 0.384 e. The Morgan fingerprint density at radius 2 is 2.64 bits per heavy atom. The van der Waals surface area contributed by atoms with Gasteiger partial charge in [0.2, 0.25) is 5.91 Å². The van der Waals surface area contributed by atoms with E-state index in [-0.39, 0.29) is 5.91 Å². The fraction of sp³-hybridized carbons (Fsp3) is 0.625. The summed E-state index contributed by atoms with van der Waals surface area (Å²) in [6, 6.07) is 0.320. The van der Waals surface area contributed by atoms with Gasteiger partial charge in [-0.25, -0.2) is 0 Å². The van der Waals surface area contributed by atoms with Crippen LogP contribution in [0.15, 0.2) is 12.7 Å². The molecule has 0 radical (unpaired) electrons. The summed E-state index contributed by atoms with van der Waals surface area (Å²) in [7, 11) is 1.67. The van der Waals surface area contributed by atoms with Gasteiger partial charge in [0.05, 0.1) is 6.61 Å². The Kier molecular flexibility index (Phi) is 2.65. The van der Waals surface area contributed by atoms with Gasteiger partial charge in [0.25, 0.3) is 0 Å². The SMILES string of the molecule is C=CC(=O)N[C@H]1C[C@@H]1COC. The Bertz CT molecular complexity index is 167. The monoisotopic (exact) mass is 155 g/mol. The Morgan fingerprint density at radius 1 is 1.91 bits per heavy atom. The maximum atomic E-state index is 10.7. The van der Waals surface area contributed by atoms with Crippen LogP contribution in [0.3, 0.4) is 0 Å². The molecule has 0 aromatic rings. The van der Waals surface area contributed by atoms with Gasteiger partial charge in [-0.2, -0.15) is 0 Å². The predicted molar refractivity (Wildman–Crippen MR) is 42.1 cm³/mol. The molecule has 0 heterocycles. The van der Waals surface area contributed by atoms with Crippen molar-refractivity contribution in [1.29, 1.82) is 0 Å². The Hall–Kier alpha value is -0.830. The van der Waals surface area contributed by atoms with Crippen molar-refractivity contribution in [3.8, 4) is 0 Å². The molecule has 0 aromatic carbocycles. The molecular weight excluding hydrogens is 142 g/mol. The summed E-state index contributed by atoms with van der Waals surface area (Å²) >= 11 is 0. The molecule has 3 nitrogen and oxygen atoms in total. The number of hydrogen-bond acceptors (Lipinski definition) is 2.